The summed E-state index contributed by atoms with van der Waals surface area (Å²) < 4.78 is 21.0. The third kappa shape index (κ3) is 5.76. The first-order valence-corrected chi connectivity index (χ1v) is 15.6. The molecule has 1 aromatic heterocycles. The van der Waals surface area contributed by atoms with E-state index in [1.54, 1.807) is 18.2 Å². The topological polar surface area (TPSA) is 92.0 Å². The first-order valence-electron chi connectivity index (χ1n) is 15.6. The fraction of sp³-hybridized carbons (Fsp3) is 0.559. The van der Waals surface area contributed by atoms with Gasteiger partial charge in [0, 0.05) is 31.4 Å². The number of fused-ring (bicyclic) bond motifs is 3. The molecule has 4 unspecified atom stereocenters. The van der Waals surface area contributed by atoms with E-state index in [1.165, 1.54) is 30.5 Å². The Hall–Kier alpha value is -3.46. The fourth-order valence-corrected chi connectivity index (χ4v) is 7.47. The van der Waals surface area contributed by atoms with Gasteiger partial charge in [-0.2, -0.15) is 0 Å². The molecule has 9 heteroatoms. The van der Waals surface area contributed by atoms with Crippen LogP contribution in [0.5, 0.6) is 5.75 Å². The largest absolute Gasteiger partial charge is 0.497 e. The number of rotatable bonds is 6. The van der Waals surface area contributed by atoms with E-state index in [4.69, 9.17) is 9.73 Å². The van der Waals surface area contributed by atoms with Crippen LogP contribution >= 0.6 is 0 Å². The Morgan fingerprint density at radius 3 is 2.60 bits per heavy atom. The molecular weight excluding hydrogens is 545 g/mol. The van der Waals surface area contributed by atoms with Crippen LogP contribution in [-0.2, 0) is 13.0 Å². The van der Waals surface area contributed by atoms with Crippen LogP contribution in [-0.4, -0.2) is 57.4 Å². The minimum absolute atomic E-state index is 0.157. The molecule has 4 fully saturated rings. The molecule has 0 amide bonds. The molecule has 2 N–H and O–H groups in total. The maximum absolute atomic E-state index is 14.4. The molecule has 7 rings (SSSR count). The smallest absolute Gasteiger partial charge is 0.261 e. The molecule has 3 aromatic rings. The van der Waals surface area contributed by atoms with Crippen molar-refractivity contribution >= 4 is 22.5 Å². The minimum Gasteiger partial charge on any atom is -0.497 e. The Bertz CT molecular complexity index is 1590. The summed E-state index contributed by atoms with van der Waals surface area (Å²) in [5.41, 5.74) is 1.52. The standard InChI is InChI=1S/C34H44FN5O3/c1-21-27-16-23(33(27,2)3)17-29(21)38-32(39-14-11-34(4,42)12-15-39)37-24-7-9-26-30(18-24)36-20-40(31(26)41)13-10-22-6-8-25(43-5)19-28(22)35/h6-9,18-21,23,27,29,42H,10-17H2,1-5H3,(H,37,38). The Kier molecular flexibility index (Phi) is 7.73. The molecule has 2 aromatic carbocycles. The van der Waals surface area contributed by atoms with Crippen molar-refractivity contribution in [1.82, 2.24) is 14.5 Å². The van der Waals surface area contributed by atoms with Crippen LogP contribution in [0.3, 0.4) is 0 Å². The SMILES string of the molecule is COc1ccc(CCn2cnc3cc(NC(=NC4CC5CC(C4C)C5(C)C)N4CCC(C)(O)CC4)ccc3c2=O)c(F)c1. The van der Waals surface area contributed by atoms with Gasteiger partial charge in [-0.05, 0) is 92.0 Å². The van der Waals surface area contributed by atoms with E-state index in [-0.39, 0.29) is 17.4 Å². The van der Waals surface area contributed by atoms with E-state index >= 15 is 0 Å². The number of aliphatic imine (C=N–C) groups is 1. The van der Waals surface area contributed by atoms with Crippen molar-refractivity contribution in [3.05, 3.63) is 64.5 Å². The van der Waals surface area contributed by atoms with Gasteiger partial charge in [-0.3, -0.25) is 9.36 Å². The van der Waals surface area contributed by atoms with E-state index in [0.29, 0.717) is 71.2 Å². The molecule has 0 radical (unpaired) electrons. The van der Waals surface area contributed by atoms with Gasteiger partial charge in [-0.25, -0.2) is 14.4 Å². The number of aromatic nitrogens is 2. The van der Waals surface area contributed by atoms with Gasteiger partial charge >= 0.3 is 0 Å². The van der Waals surface area contributed by atoms with E-state index < -0.39 is 5.60 Å². The lowest BCUT2D eigenvalue weighted by atomic mass is 9.45. The predicted octanol–water partition coefficient (Wildman–Crippen LogP) is 5.47. The number of aliphatic hydroxyl groups is 1. The molecular formula is C34H44FN5O3. The highest BCUT2D eigenvalue weighted by Gasteiger charge is 2.56. The van der Waals surface area contributed by atoms with Crippen LogP contribution in [0.25, 0.3) is 10.9 Å². The predicted molar refractivity (Wildman–Crippen MR) is 168 cm³/mol. The number of benzene rings is 2. The second-order valence-corrected chi connectivity index (χ2v) is 13.8. The summed E-state index contributed by atoms with van der Waals surface area (Å²) in [5.74, 6) is 2.85. The fourth-order valence-electron chi connectivity index (χ4n) is 7.47. The number of methoxy groups -OCH3 is 1. The molecule has 2 bridgehead atoms. The molecule has 230 valence electrons. The number of likely N-dealkylation sites (tertiary alicyclic amines) is 1. The first-order chi connectivity index (χ1) is 20.4. The van der Waals surface area contributed by atoms with Gasteiger partial charge in [-0.15, -0.1) is 0 Å². The summed E-state index contributed by atoms with van der Waals surface area (Å²) in [5, 5.41) is 14.7. The third-order valence-electron chi connectivity index (χ3n) is 10.7. The number of aryl methyl sites for hydroxylation is 2. The van der Waals surface area contributed by atoms with E-state index in [1.807, 2.05) is 19.1 Å². The highest BCUT2D eigenvalue weighted by molar-refractivity contribution is 5.96. The van der Waals surface area contributed by atoms with E-state index in [9.17, 15) is 14.3 Å². The van der Waals surface area contributed by atoms with Crippen molar-refractivity contribution in [2.24, 2.45) is 28.2 Å². The van der Waals surface area contributed by atoms with Crippen molar-refractivity contribution < 1.29 is 14.2 Å². The van der Waals surface area contributed by atoms with Crippen LogP contribution in [0, 0.1) is 29.0 Å². The molecule has 43 heavy (non-hydrogen) atoms. The average Bonchev–Trinajstić information content (AvgIpc) is 2.97. The number of nitrogens with one attached hydrogen (secondary N) is 1. The Balaban J connectivity index is 1.22. The lowest BCUT2D eigenvalue weighted by Gasteiger charge is -2.61. The van der Waals surface area contributed by atoms with Crippen molar-refractivity contribution in [2.75, 3.05) is 25.5 Å². The quantitative estimate of drug-likeness (QED) is 0.293. The van der Waals surface area contributed by atoms with Crippen molar-refractivity contribution in [3.8, 4) is 5.75 Å². The van der Waals surface area contributed by atoms with Crippen LogP contribution < -0.4 is 15.6 Å². The number of anilines is 1. The summed E-state index contributed by atoms with van der Waals surface area (Å²) in [7, 11) is 1.50. The number of nitrogens with zero attached hydrogens (tertiary/aromatic N) is 4. The zero-order chi connectivity index (χ0) is 30.5. The summed E-state index contributed by atoms with van der Waals surface area (Å²) >= 11 is 0. The number of ether oxygens (including phenoxy) is 1. The maximum atomic E-state index is 14.4. The zero-order valence-corrected chi connectivity index (χ0v) is 25.9. The Morgan fingerprint density at radius 2 is 1.93 bits per heavy atom. The van der Waals surface area contributed by atoms with Gasteiger partial charge in [0.05, 0.1) is 36.0 Å². The monoisotopic (exact) mass is 589 g/mol. The Morgan fingerprint density at radius 1 is 1.16 bits per heavy atom. The number of hydrogen-bond donors (Lipinski definition) is 2. The lowest BCUT2D eigenvalue weighted by molar-refractivity contribution is -0.108. The Labute approximate surface area is 253 Å². The lowest BCUT2D eigenvalue weighted by Crippen LogP contribution is -2.57. The molecule has 4 atom stereocenters. The van der Waals surface area contributed by atoms with Crippen molar-refractivity contribution in [1.29, 1.82) is 0 Å². The van der Waals surface area contributed by atoms with Gasteiger partial charge in [0.15, 0.2) is 5.96 Å². The van der Waals surface area contributed by atoms with Crippen molar-refractivity contribution in [3.63, 3.8) is 0 Å². The van der Waals surface area contributed by atoms with Crippen LogP contribution in [0.2, 0.25) is 0 Å². The summed E-state index contributed by atoms with van der Waals surface area (Å²) in [6, 6.07) is 10.6. The molecule has 1 saturated heterocycles. The third-order valence-corrected chi connectivity index (χ3v) is 10.7. The maximum Gasteiger partial charge on any atom is 0.261 e. The zero-order valence-electron chi connectivity index (χ0n) is 25.9. The van der Waals surface area contributed by atoms with Crippen LogP contribution in [0.15, 0.2) is 52.5 Å². The first kappa shape index (κ1) is 29.6. The molecule has 3 saturated carbocycles. The van der Waals surface area contributed by atoms with Crippen LogP contribution in [0.1, 0.15) is 58.9 Å². The molecule has 1 aliphatic heterocycles. The molecule has 8 nitrogen and oxygen atoms in total. The summed E-state index contributed by atoms with van der Waals surface area (Å²) in [4.78, 5) is 25.5. The molecule has 3 aliphatic carbocycles. The molecule has 4 aliphatic rings. The van der Waals surface area contributed by atoms with Gasteiger partial charge in [0.2, 0.25) is 0 Å². The number of piperidine rings is 1. The average molecular weight is 590 g/mol. The highest BCUT2D eigenvalue weighted by Crippen LogP contribution is 2.61. The second-order valence-electron chi connectivity index (χ2n) is 13.8. The van der Waals surface area contributed by atoms with Crippen LogP contribution in [0.4, 0.5) is 10.1 Å². The molecule has 0 spiro atoms. The number of guanidine groups is 1. The second kappa shape index (κ2) is 11.2. The van der Waals surface area contributed by atoms with Gasteiger partial charge in [-0.1, -0.05) is 26.8 Å². The molecule has 2 heterocycles. The minimum atomic E-state index is -0.655. The van der Waals surface area contributed by atoms with E-state index in [2.05, 4.69) is 36.0 Å². The normalized spacial score (nSPS) is 26.2. The number of hydrogen-bond acceptors (Lipinski definition) is 5. The van der Waals surface area contributed by atoms with Gasteiger partial charge in [0.1, 0.15) is 11.6 Å². The van der Waals surface area contributed by atoms with Gasteiger partial charge < -0.3 is 20.1 Å². The van der Waals surface area contributed by atoms with Gasteiger partial charge in [0.25, 0.3) is 5.56 Å². The number of halogens is 1. The summed E-state index contributed by atoms with van der Waals surface area (Å²) in [6.45, 7) is 10.8. The highest BCUT2D eigenvalue weighted by atomic mass is 19.1. The van der Waals surface area contributed by atoms with E-state index in [0.717, 1.165) is 31.2 Å². The summed E-state index contributed by atoms with van der Waals surface area (Å²) in [6.07, 6.45) is 5.68. The van der Waals surface area contributed by atoms with Crippen molar-refractivity contribution in [2.45, 2.75) is 78.0 Å².